The molecule has 2 N–H and O–H groups in total. The zero-order valence-corrected chi connectivity index (χ0v) is 11.6. The van der Waals surface area contributed by atoms with Crippen molar-refractivity contribution in [3.63, 3.8) is 0 Å². The molecule has 10 heteroatoms. The van der Waals surface area contributed by atoms with Crippen molar-refractivity contribution >= 4 is 21.7 Å². The summed E-state index contributed by atoms with van der Waals surface area (Å²) in [6, 6.07) is 2.78. The van der Waals surface area contributed by atoms with E-state index in [4.69, 9.17) is 5.11 Å². The summed E-state index contributed by atoms with van der Waals surface area (Å²) in [7, 11) is -4.24. The lowest BCUT2D eigenvalue weighted by atomic mass is 10.2. The summed E-state index contributed by atoms with van der Waals surface area (Å²) in [6.07, 6.45) is 0.388. The first-order chi connectivity index (χ1) is 9.75. The maximum atomic E-state index is 13.4. The van der Waals surface area contributed by atoms with E-state index >= 15 is 0 Å². The average molecular weight is 320 g/mol. The number of nitro groups is 1. The van der Waals surface area contributed by atoms with Crippen molar-refractivity contribution in [2.24, 2.45) is 0 Å². The van der Waals surface area contributed by atoms with Gasteiger partial charge < -0.3 is 5.11 Å². The molecule has 116 valence electrons. The molecule has 0 amide bonds. The molecule has 0 fully saturated rings. The lowest BCUT2D eigenvalue weighted by Gasteiger charge is -2.07. The fraction of sp³-hybridized carbons (Fsp3) is 0.364. The second kappa shape index (κ2) is 7.09. The van der Waals surface area contributed by atoms with Gasteiger partial charge in [0.25, 0.3) is 0 Å². The number of unbranched alkanes of at least 4 members (excludes halogenated alkanes) is 1. The highest BCUT2D eigenvalue weighted by molar-refractivity contribution is 7.89. The Hall–Kier alpha value is -2.07. The minimum Gasteiger partial charge on any atom is -0.481 e. The molecule has 0 heterocycles. The number of sulfonamides is 1. The monoisotopic (exact) mass is 320 g/mol. The van der Waals surface area contributed by atoms with Gasteiger partial charge in [-0.15, -0.1) is 0 Å². The Morgan fingerprint density at radius 3 is 2.62 bits per heavy atom. The van der Waals surface area contributed by atoms with Gasteiger partial charge in [0.2, 0.25) is 15.8 Å². The van der Waals surface area contributed by atoms with Crippen molar-refractivity contribution in [2.75, 3.05) is 6.54 Å². The standard InChI is InChI=1S/C11H13FN2O6S/c12-8-4-3-5-9(11(8)14(17)18)21(19,20)13-7-2-1-6-10(15)16/h3-5,13H,1-2,6-7H2,(H,15,16). The van der Waals surface area contributed by atoms with Crippen LogP contribution in [0.4, 0.5) is 10.1 Å². The third-order valence-corrected chi connectivity index (χ3v) is 4.02. The average Bonchev–Trinajstić information content (AvgIpc) is 2.37. The Morgan fingerprint density at radius 2 is 2.05 bits per heavy atom. The van der Waals surface area contributed by atoms with Crippen LogP contribution in [0, 0.1) is 15.9 Å². The maximum Gasteiger partial charge on any atom is 0.324 e. The molecular formula is C11H13FN2O6S. The minimum atomic E-state index is -4.24. The number of nitrogens with zero attached hydrogens (tertiary/aromatic N) is 1. The molecule has 0 atom stereocenters. The van der Waals surface area contributed by atoms with Crippen LogP contribution in [-0.4, -0.2) is 31.0 Å². The molecule has 1 aromatic carbocycles. The minimum absolute atomic E-state index is 0.0940. The van der Waals surface area contributed by atoms with Gasteiger partial charge in [-0.1, -0.05) is 6.07 Å². The lowest BCUT2D eigenvalue weighted by Crippen LogP contribution is -2.26. The number of hydrogen-bond acceptors (Lipinski definition) is 5. The summed E-state index contributed by atoms with van der Waals surface area (Å²) < 4.78 is 39.3. The van der Waals surface area contributed by atoms with E-state index in [1.165, 1.54) is 0 Å². The Kier molecular flexibility index (Phi) is 5.73. The highest BCUT2D eigenvalue weighted by Crippen LogP contribution is 2.26. The molecule has 21 heavy (non-hydrogen) atoms. The molecule has 0 saturated heterocycles. The molecule has 0 aliphatic rings. The van der Waals surface area contributed by atoms with Gasteiger partial charge in [-0.3, -0.25) is 14.9 Å². The van der Waals surface area contributed by atoms with Gasteiger partial charge in [-0.25, -0.2) is 13.1 Å². The number of nitro benzene ring substituents is 1. The van der Waals surface area contributed by atoms with Crippen LogP contribution in [-0.2, 0) is 14.8 Å². The summed E-state index contributed by atoms with van der Waals surface area (Å²) in [4.78, 5) is 19.2. The lowest BCUT2D eigenvalue weighted by molar-refractivity contribution is -0.390. The third-order valence-electron chi connectivity index (χ3n) is 2.53. The van der Waals surface area contributed by atoms with Gasteiger partial charge in [-0.05, 0) is 25.0 Å². The summed E-state index contributed by atoms with van der Waals surface area (Å²) in [6.45, 7) is -0.0940. The molecule has 0 aliphatic carbocycles. The number of halogens is 1. The van der Waals surface area contributed by atoms with E-state index in [0.717, 1.165) is 18.2 Å². The predicted octanol–water partition coefficient (Wildman–Crippen LogP) is 1.27. The summed E-state index contributed by atoms with van der Waals surface area (Å²) in [5.41, 5.74) is -1.12. The summed E-state index contributed by atoms with van der Waals surface area (Å²) in [5, 5.41) is 19.2. The van der Waals surface area contributed by atoms with Crippen LogP contribution in [0.2, 0.25) is 0 Å². The zero-order chi connectivity index (χ0) is 16.0. The third kappa shape index (κ3) is 4.76. The predicted molar refractivity (Wildman–Crippen MR) is 69.7 cm³/mol. The number of nitrogens with one attached hydrogen (secondary N) is 1. The molecule has 0 aromatic heterocycles. The molecule has 0 spiro atoms. The number of carbonyl (C=O) groups is 1. The molecule has 0 saturated carbocycles. The fourth-order valence-electron chi connectivity index (χ4n) is 1.58. The van der Waals surface area contributed by atoms with Gasteiger partial charge in [0.1, 0.15) is 0 Å². The quantitative estimate of drug-likeness (QED) is 0.422. The normalized spacial score (nSPS) is 11.3. The van der Waals surface area contributed by atoms with Crippen LogP contribution >= 0.6 is 0 Å². The Bertz CT molecular complexity index is 646. The van der Waals surface area contributed by atoms with Crippen LogP contribution < -0.4 is 4.72 Å². The van der Waals surface area contributed by atoms with Gasteiger partial charge in [0.05, 0.1) is 4.92 Å². The van der Waals surface area contributed by atoms with E-state index in [-0.39, 0.29) is 25.8 Å². The zero-order valence-electron chi connectivity index (χ0n) is 10.8. The summed E-state index contributed by atoms with van der Waals surface area (Å²) in [5.74, 6) is -2.24. The van der Waals surface area contributed by atoms with Crippen molar-refractivity contribution < 1.29 is 27.6 Å². The largest absolute Gasteiger partial charge is 0.481 e. The number of carboxylic acid groups (broad SMARTS) is 1. The van der Waals surface area contributed by atoms with Crippen LogP contribution in [0.1, 0.15) is 19.3 Å². The second-order valence-electron chi connectivity index (χ2n) is 4.09. The molecule has 1 aromatic rings. The van der Waals surface area contributed by atoms with Crippen LogP contribution in [0.15, 0.2) is 23.1 Å². The van der Waals surface area contributed by atoms with Gasteiger partial charge >= 0.3 is 11.7 Å². The van der Waals surface area contributed by atoms with Crippen molar-refractivity contribution in [3.8, 4) is 0 Å². The smallest absolute Gasteiger partial charge is 0.324 e. The number of rotatable bonds is 8. The highest BCUT2D eigenvalue weighted by Gasteiger charge is 2.28. The van der Waals surface area contributed by atoms with Gasteiger partial charge in [0, 0.05) is 13.0 Å². The first-order valence-electron chi connectivity index (χ1n) is 5.90. The molecule has 0 radical (unpaired) electrons. The Morgan fingerprint density at radius 1 is 1.38 bits per heavy atom. The summed E-state index contributed by atoms with van der Waals surface area (Å²) >= 11 is 0. The van der Waals surface area contributed by atoms with Crippen LogP contribution in [0.3, 0.4) is 0 Å². The van der Waals surface area contributed by atoms with Crippen molar-refractivity contribution in [2.45, 2.75) is 24.2 Å². The second-order valence-corrected chi connectivity index (χ2v) is 5.83. The highest BCUT2D eigenvalue weighted by atomic mass is 32.2. The van der Waals surface area contributed by atoms with Gasteiger partial charge in [-0.2, -0.15) is 4.39 Å². The Balaban J connectivity index is 2.82. The van der Waals surface area contributed by atoms with E-state index < -0.39 is 37.3 Å². The van der Waals surface area contributed by atoms with E-state index in [9.17, 15) is 27.7 Å². The molecule has 0 unspecified atom stereocenters. The number of carboxylic acids is 1. The van der Waals surface area contributed by atoms with Crippen LogP contribution in [0.5, 0.6) is 0 Å². The topological polar surface area (TPSA) is 127 Å². The Labute approximate surface area is 119 Å². The van der Waals surface area contributed by atoms with E-state index in [2.05, 4.69) is 4.72 Å². The molecule has 0 bridgehead atoms. The first kappa shape index (κ1) is 17.0. The SMILES string of the molecule is O=C(O)CCCCNS(=O)(=O)c1cccc(F)c1[N+](=O)[O-]. The molecule has 1 rings (SSSR count). The number of aliphatic carboxylic acids is 1. The number of benzene rings is 1. The molecular weight excluding hydrogens is 307 g/mol. The fourth-order valence-corrected chi connectivity index (χ4v) is 2.83. The van der Waals surface area contributed by atoms with E-state index in [0.29, 0.717) is 0 Å². The first-order valence-corrected chi connectivity index (χ1v) is 7.38. The number of hydrogen-bond donors (Lipinski definition) is 2. The van der Waals surface area contributed by atoms with Crippen molar-refractivity contribution in [3.05, 3.63) is 34.1 Å². The van der Waals surface area contributed by atoms with E-state index in [1.54, 1.807) is 0 Å². The van der Waals surface area contributed by atoms with Gasteiger partial charge in [0.15, 0.2) is 4.90 Å². The molecule has 0 aliphatic heterocycles. The maximum absolute atomic E-state index is 13.4. The number of para-hydroxylation sites is 1. The van der Waals surface area contributed by atoms with Crippen molar-refractivity contribution in [1.29, 1.82) is 0 Å². The molecule has 8 nitrogen and oxygen atoms in total. The van der Waals surface area contributed by atoms with Crippen molar-refractivity contribution in [1.82, 2.24) is 4.72 Å². The van der Waals surface area contributed by atoms with E-state index in [1.807, 2.05) is 0 Å². The van der Waals surface area contributed by atoms with Crippen LogP contribution in [0.25, 0.3) is 0 Å².